The molecule has 0 unspecified atom stereocenters. The van der Waals surface area contributed by atoms with Crippen molar-refractivity contribution in [3.8, 4) is 17.2 Å². The van der Waals surface area contributed by atoms with Gasteiger partial charge in [0.1, 0.15) is 17.2 Å². The van der Waals surface area contributed by atoms with Gasteiger partial charge in [0.25, 0.3) is 5.91 Å². The number of ether oxygens (including phenoxy) is 3. The number of benzene rings is 2. The molecule has 0 heterocycles. The molecule has 5 heteroatoms. The normalized spacial score (nSPS) is 12.8. The Morgan fingerprint density at radius 3 is 2.40 bits per heavy atom. The molecule has 2 aromatic carbocycles. The van der Waals surface area contributed by atoms with Crippen molar-refractivity contribution >= 4 is 5.91 Å². The zero-order chi connectivity index (χ0) is 18.4. The predicted octanol–water partition coefficient (Wildman–Crippen LogP) is 3.66. The summed E-state index contributed by atoms with van der Waals surface area (Å²) in [4.78, 5) is 12.5. The van der Waals surface area contributed by atoms with E-state index in [0.29, 0.717) is 17.2 Å². The second-order valence-electron chi connectivity index (χ2n) is 5.91. The molecule has 2 rings (SSSR count). The maximum atomic E-state index is 12.5. The molecule has 0 fully saturated rings. The van der Waals surface area contributed by atoms with E-state index >= 15 is 0 Å². The Labute approximate surface area is 148 Å². The van der Waals surface area contributed by atoms with Crippen molar-refractivity contribution in [2.45, 2.75) is 32.9 Å². The van der Waals surface area contributed by atoms with E-state index in [1.807, 2.05) is 56.3 Å². The highest BCUT2D eigenvalue weighted by molar-refractivity contribution is 5.81. The summed E-state index contributed by atoms with van der Waals surface area (Å²) in [5.74, 6) is 1.88. The molecule has 0 aliphatic carbocycles. The minimum absolute atomic E-state index is 0.195. The largest absolute Gasteiger partial charge is 0.497 e. The van der Waals surface area contributed by atoms with Gasteiger partial charge in [0.05, 0.1) is 20.3 Å². The Balaban J connectivity index is 2.06. The van der Waals surface area contributed by atoms with Crippen LogP contribution in [0.5, 0.6) is 17.2 Å². The van der Waals surface area contributed by atoms with Crippen LogP contribution in [0.15, 0.2) is 42.5 Å². The highest BCUT2D eigenvalue weighted by Gasteiger charge is 2.20. The molecule has 0 aliphatic rings. The molecule has 1 amide bonds. The van der Waals surface area contributed by atoms with Gasteiger partial charge < -0.3 is 19.5 Å². The van der Waals surface area contributed by atoms with E-state index in [1.54, 1.807) is 21.1 Å². The number of nitrogens with one attached hydrogen (secondary N) is 1. The average molecular weight is 343 g/mol. The number of aryl methyl sites for hydroxylation is 1. The van der Waals surface area contributed by atoms with Crippen molar-refractivity contribution in [1.82, 2.24) is 5.32 Å². The van der Waals surface area contributed by atoms with Crippen LogP contribution in [0.4, 0.5) is 0 Å². The van der Waals surface area contributed by atoms with E-state index in [-0.39, 0.29) is 11.9 Å². The lowest BCUT2D eigenvalue weighted by molar-refractivity contribution is -0.127. The van der Waals surface area contributed by atoms with Gasteiger partial charge in [-0.25, -0.2) is 0 Å². The zero-order valence-electron chi connectivity index (χ0n) is 15.3. The van der Waals surface area contributed by atoms with Gasteiger partial charge in [0.2, 0.25) is 0 Å². The minimum Gasteiger partial charge on any atom is -0.497 e. The summed E-state index contributed by atoms with van der Waals surface area (Å²) in [6.07, 6.45) is -0.610. The van der Waals surface area contributed by atoms with Crippen LogP contribution < -0.4 is 19.5 Å². The molecule has 0 bridgehead atoms. The lowest BCUT2D eigenvalue weighted by atomic mass is 10.1. The Morgan fingerprint density at radius 2 is 1.76 bits per heavy atom. The van der Waals surface area contributed by atoms with E-state index in [2.05, 4.69) is 5.32 Å². The molecule has 1 N–H and O–H groups in total. The summed E-state index contributed by atoms with van der Waals surface area (Å²) in [5.41, 5.74) is 1.93. The second-order valence-corrected chi connectivity index (χ2v) is 5.91. The highest BCUT2D eigenvalue weighted by Crippen LogP contribution is 2.29. The van der Waals surface area contributed by atoms with Gasteiger partial charge in [-0.2, -0.15) is 0 Å². The van der Waals surface area contributed by atoms with E-state index in [4.69, 9.17) is 14.2 Å². The fourth-order valence-corrected chi connectivity index (χ4v) is 2.53. The molecule has 2 atom stereocenters. The zero-order valence-corrected chi connectivity index (χ0v) is 15.3. The van der Waals surface area contributed by atoms with E-state index in [0.717, 1.165) is 11.1 Å². The van der Waals surface area contributed by atoms with E-state index < -0.39 is 6.10 Å². The average Bonchev–Trinajstić information content (AvgIpc) is 2.60. The first-order valence-corrected chi connectivity index (χ1v) is 8.20. The molecule has 0 saturated carbocycles. The fraction of sp³-hybridized carbons (Fsp3) is 0.350. The van der Waals surface area contributed by atoms with Crippen LogP contribution in [-0.2, 0) is 4.79 Å². The third kappa shape index (κ3) is 4.89. The third-order valence-electron chi connectivity index (χ3n) is 3.93. The van der Waals surface area contributed by atoms with E-state index in [9.17, 15) is 4.79 Å². The van der Waals surface area contributed by atoms with Gasteiger partial charge in [0, 0.05) is 5.56 Å². The van der Waals surface area contributed by atoms with Gasteiger partial charge in [-0.05, 0) is 56.7 Å². The molecule has 0 aliphatic heterocycles. The number of hydrogen-bond acceptors (Lipinski definition) is 4. The monoisotopic (exact) mass is 343 g/mol. The maximum Gasteiger partial charge on any atom is 0.261 e. The predicted molar refractivity (Wildman–Crippen MR) is 97.4 cm³/mol. The molecule has 0 aromatic heterocycles. The summed E-state index contributed by atoms with van der Waals surface area (Å²) in [5, 5.41) is 2.96. The van der Waals surface area contributed by atoms with Crippen LogP contribution in [0.3, 0.4) is 0 Å². The van der Waals surface area contributed by atoms with Crippen molar-refractivity contribution in [3.05, 3.63) is 53.6 Å². The number of hydrogen-bond donors (Lipinski definition) is 1. The van der Waals surface area contributed by atoms with Crippen LogP contribution in [0, 0.1) is 6.92 Å². The van der Waals surface area contributed by atoms with E-state index in [1.165, 1.54) is 0 Å². The molecule has 0 saturated heterocycles. The van der Waals surface area contributed by atoms with Gasteiger partial charge in [-0.3, -0.25) is 4.79 Å². The van der Waals surface area contributed by atoms with Crippen molar-refractivity contribution in [2.75, 3.05) is 14.2 Å². The van der Waals surface area contributed by atoms with Crippen molar-refractivity contribution in [3.63, 3.8) is 0 Å². The van der Waals surface area contributed by atoms with Gasteiger partial charge in [0.15, 0.2) is 6.10 Å². The number of amides is 1. The summed E-state index contributed by atoms with van der Waals surface area (Å²) in [7, 11) is 3.20. The van der Waals surface area contributed by atoms with Crippen LogP contribution in [-0.4, -0.2) is 26.2 Å². The quantitative estimate of drug-likeness (QED) is 0.834. The van der Waals surface area contributed by atoms with Crippen LogP contribution in [0.2, 0.25) is 0 Å². The smallest absolute Gasteiger partial charge is 0.261 e. The summed E-state index contributed by atoms with van der Waals surface area (Å²) < 4.78 is 16.4. The first-order chi connectivity index (χ1) is 11.9. The minimum atomic E-state index is -0.610. The lowest BCUT2D eigenvalue weighted by Crippen LogP contribution is -2.37. The van der Waals surface area contributed by atoms with Crippen LogP contribution in [0.1, 0.15) is 31.0 Å². The first kappa shape index (κ1) is 18.6. The number of carbonyl (C=O) groups is 1. The SMILES string of the molecule is COc1ccc(OC)c([C@@H](C)NC(=O)[C@@H](C)Oc2cccc(C)c2)c1. The maximum absolute atomic E-state index is 12.5. The van der Waals surface area contributed by atoms with Gasteiger partial charge >= 0.3 is 0 Å². The Kier molecular flexibility index (Phi) is 6.28. The fourth-order valence-electron chi connectivity index (χ4n) is 2.53. The molecule has 2 aromatic rings. The molecule has 134 valence electrons. The summed E-state index contributed by atoms with van der Waals surface area (Å²) in [6.45, 7) is 5.61. The number of rotatable bonds is 7. The van der Waals surface area contributed by atoms with Crippen molar-refractivity contribution in [2.24, 2.45) is 0 Å². The first-order valence-electron chi connectivity index (χ1n) is 8.20. The molecule has 5 nitrogen and oxygen atoms in total. The molecule has 0 radical (unpaired) electrons. The topological polar surface area (TPSA) is 56.8 Å². The van der Waals surface area contributed by atoms with Crippen molar-refractivity contribution in [1.29, 1.82) is 0 Å². The molecule has 25 heavy (non-hydrogen) atoms. The standard InChI is InChI=1S/C20H25NO4/c1-13-7-6-8-17(11-13)25-15(3)20(22)21-14(2)18-12-16(23-4)9-10-19(18)24-5/h6-12,14-15H,1-5H3,(H,21,22)/t14-,15-/m1/s1. The van der Waals surface area contributed by atoms with Crippen LogP contribution in [0.25, 0.3) is 0 Å². The highest BCUT2D eigenvalue weighted by atomic mass is 16.5. The molecular weight excluding hydrogens is 318 g/mol. The third-order valence-corrected chi connectivity index (χ3v) is 3.93. The number of carbonyl (C=O) groups excluding carboxylic acids is 1. The molecular formula is C20H25NO4. The lowest BCUT2D eigenvalue weighted by Gasteiger charge is -2.21. The van der Waals surface area contributed by atoms with Crippen molar-refractivity contribution < 1.29 is 19.0 Å². The summed E-state index contributed by atoms with van der Waals surface area (Å²) >= 11 is 0. The second kappa shape index (κ2) is 8.42. The Hall–Kier alpha value is -2.69. The molecule has 0 spiro atoms. The van der Waals surface area contributed by atoms with Gasteiger partial charge in [-0.1, -0.05) is 12.1 Å². The summed E-state index contributed by atoms with van der Waals surface area (Å²) in [6, 6.07) is 12.9. The van der Waals surface area contributed by atoms with Gasteiger partial charge in [-0.15, -0.1) is 0 Å². The number of methoxy groups -OCH3 is 2. The Morgan fingerprint density at radius 1 is 1.00 bits per heavy atom. The van der Waals surface area contributed by atoms with Crippen LogP contribution >= 0.6 is 0 Å². The Bertz CT molecular complexity index is 729.